The Balaban J connectivity index is 2.06. The zero-order valence-corrected chi connectivity index (χ0v) is 14.8. The van der Waals surface area contributed by atoms with Crippen LogP contribution in [-0.2, 0) is 7.05 Å². The Morgan fingerprint density at radius 2 is 2.00 bits per heavy atom. The molecule has 6 heteroatoms. The molecule has 0 radical (unpaired) electrons. The maximum atomic E-state index is 12.4. The van der Waals surface area contributed by atoms with Crippen molar-refractivity contribution >= 4 is 17.7 Å². The van der Waals surface area contributed by atoms with Crippen molar-refractivity contribution in [3.8, 4) is 0 Å². The molecular formula is C17H23N3O2S. The van der Waals surface area contributed by atoms with Crippen LogP contribution in [0.4, 0.5) is 0 Å². The lowest BCUT2D eigenvalue weighted by molar-refractivity contribution is 0.0939. The van der Waals surface area contributed by atoms with Gasteiger partial charge in [0, 0.05) is 34.5 Å². The molecule has 2 N–H and O–H groups in total. The van der Waals surface area contributed by atoms with Crippen LogP contribution in [0.3, 0.4) is 0 Å². The normalized spacial score (nSPS) is 12.2. The Labute approximate surface area is 141 Å². The molecule has 0 aliphatic rings. The van der Waals surface area contributed by atoms with Crippen molar-refractivity contribution < 1.29 is 9.90 Å². The number of rotatable bonds is 6. The summed E-state index contributed by atoms with van der Waals surface area (Å²) in [5, 5.41) is 16.3. The summed E-state index contributed by atoms with van der Waals surface area (Å²) < 4.78 is 1.83. The van der Waals surface area contributed by atoms with E-state index in [0.29, 0.717) is 11.3 Å². The first-order valence-corrected chi connectivity index (χ1v) is 8.57. The number of carbonyl (C=O) groups is 1. The second-order valence-corrected chi connectivity index (χ2v) is 6.67. The molecule has 1 aromatic carbocycles. The Hall–Kier alpha value is -1.79. The molecule has 5 nitrogen and oxygen atoms in total. The molecule has 0 aliphatic carbocycles. The van der Waals surface area contributed by atoms with Gasteiger partial charge in [-0.15, -0.1) is 11.8 Å². The lowest BCUT2D eigenvalue weighted by atomic mass is 10.1. The summed E-state index contributed by atoms with van der Waals surface area (Å²) in [5.41, 5.74) is 3.69. The summed E-state index contributed by atoms with van der Waals surface area (Å²) >= 11 is 1.57. The number of thioether (sulfide) groups is 1. The second-order valence-electron chi connectivity index (χ2n) is 5.50. The minimum absolute atomic E-state index is 0.0976. The SMILES string of the molecule is Cc1nn(C)c(C)c1C(C)NC(=O)c1ccc(SCCO)cc1. The molecular weight excluding hydrogens is 310 g/mol. The molecule has 1 amide bonds. The molecule has 0 saturated carbocycles. The second kappa shape index (κ2) is 7.66. The fourth-order valence-corrected chi connectivity index (χ4v) is 3.29. The van der Waals surface area contributed by atoms with Gasteiger partial charge >= 0.3 is 0 Å². The van der Waals surface area contributed by atoms with E-state index in [2.05, 4.69) is 10.4 Å². The molecule has 1 unspecified atom stereocenters. The number of nitrogens with one attached hydrogen (secondary N) is 1. The zero-order chi connectivity index (χ0) is 17.0. The monoisotopic (exact) mass is 333 g/mol. The number of hydrogen-bond donors (Lipinski definition) is 2. The van der Waals surface area contributed by atoms with Crippen molar-refractivity contribution in [1.29, 1.82) is 0 Å². The number of hydrogen-bond acceptors (Lipinski definition) is 4. The van der Waals surface area contributed by atoms with Crippen molar-refractivity contribution in [2.24, 2.45) is 7.05 Å². The van der Waals surface area contributed by atoms with Crippen LogP contribution in [0.5, 0.6) is 0 Å². The molecule has 0 bridgehead atoms. The fraction of sp³-hybridized carbons (Fsp3) is 0.412. The van der Waals surface area contributed by atoms with Gasteiger partial charge in [-0.25, -0.2) is 0 Å². The molecule has 1 heterocycles. The number of benzene rings is 1. The third-order valence-electron chi connectivity index (χ3n) is 3.82. The van der Waals surface area contributed by atoms with Crippen LogP contribution in [0.25, 0.3) is 0 Å². The third kappa shape index (κ3) is 4.14. The van der Waals surface area contributed by atoms with Crippen molar-refractivity contribution in [2.45, 2.75) is 31.7 Å². The van der Waals surface area contributed by atoms with Crippen LogP contribution in [0.2, 0.25) is 0 Å². The predicted molar refractivity (Wildman–Crippen MR) is 92.8 cm³/mol. The van der Waals surface area contributed by atoms with Gasteiger partial charge in [-0.3, -0.25) is 9.48 Å². The van der Waals surface area contributed by atoms with Gasteiger partial charge in [0.1, 0.15) is 0 Å². The van der Waals surface area contributed by atoms with Crippen LogP contribution in [0.15, 0.2) is 29.2 Å². The molecule has 23 heavy (non-hydrogen) atoms. The van der Waals surface area contributed by atoms with E-state index in [9.17, 15) is 4.79 Å². The number of aliphatic hydroxyl groups is 1. The Morgan fingerprint density at radius 1 is 1.35 bits per heavy atom. The summed E-state index contributed by atoms with van der Waals surface area (Å²) in [5.74, 6) is 0.557. The number of aromatic nitrogens is 2. The first-order chi connectivity index (χ1) is 10.9. The molecule has 124 valence electrons. The van der Waals surface area contributed by atoms with E-state index in [4.69, 9.17) is 5.11 Å². The highest BCUT2D eigenvalue weighted by Crippen LogP contribution is 2.22. The van der Waals surface area contributed by atoms with Crippen LogP contribution in [0.1, 0.15) is 40.3 Å². The van der Waals surface area contributed by atoms with Crippen molar-refractivity contribution in [3.63, 3.8) is 0 Å². The highest BCUT2D eigenvalue weighted by atomic mass is 32.2. The maximum Gasteiger partial charge on any atom is 0.251 e. The van der Waals surface area contributed by atoms with E-state index in [1.54, 1.807) is 11.8 Å². The number of nitrogens with zero attached hydrogens (tertiary/aromatic N) is 2. The van der Waals surface area contributed by atoms with Gasteiger partial charge in [0.25, 0.3) is 5.91 Å². The molecule has 0 saturated heterocycles. The highest BCUT2D eigenvalue weighted by Gasteiger charge is 2.18. The Kier molecular flexibility index (Phi) is 5.85. The molecule has 1 aromatic heterocycles. The van der Waals surface area contributed by atoms with Crippen LogP contribution in [0, 0.1) is 13.8 Å². The predicted octanol–water partition coefficient (Wildman–Crippen LogP) is 2.61. The quantitative estimate of drug-likeness (QED) is 0.798. The van der Waals surface area contributed by atoms with Gasteiger partial charge in [0.15, 0.2) is 0 Å². The molecule has 1 atom stereocenters. The van der Waals surface area contributed by atoms with Crippen molar-refractivity contribution in [3.05, 3.63) is 46.8 Å². The van der Waals surface area contributed by atoms with Gasteiger partial charge in [-0.05, 0) is 45.0 Å². The van der Waals surface area contributed by atoms with Gasteiger partial charge in [-0.1, -0.05) is 0 Å². The summed E-state index contributed by atoms with van der Waals surface area (Å²) in [6.07, 6.45) is 0. The molecule has 2 rings (SSSR count). The Bertz CT molecular complexity index is 680. The first kappa shape index (κ1) is 17.6. The van der Waals surface area contributed by atoms with Crippen molar-refractivity contribution in [2.75, 3.05) is 12.4 Å². The van der Waals surface area contributed by atoms with Gasteiger partial charge < -0.3 is 10.4 Å². The minimum atomic E-state index is -0.0983. The molecule has 0 spiro atoms. The van der Waals surface area contributed by atoms with Gasteiger partial charge in [0.2, 0.25) is 0 Å². The van der Waals surface area contributed by atoms with Gasteiger partial charge in [-0.2, -0.15) is 5.10 Å². The van der Waals surface area contributed by atoms with Crippen molar-refractivity contribution in [1.82, 2.24) is 15.1 Å². The number of amides is 1. The summed E-state index contributed by atoms with van der Waals surface area (Å²) in [7, 11) is 1.91. The first-order valence-electron chi connectivity index (χ1n) is 7.58. The molecule has 0 aliphatic heterocycles. The number of aliphatic hydroxyl groups excluding tert-OH is 1. The van der Waals surface area contributed by atoms with E-state index in [0.717, 1.165) is 21.8 Å². The largest absolute Gasteiger partial charge is 0.396 e. The lowest BCUT2D eigenvalue weighted by Gasteiger charge is -2.15. The highest BCUT2D eigenvalue weighted by molar-refractivity contribution is 7.99. The lowest BCUT2D eigenvalue weighted by Crippen LogP contribution is -2.27. The molecule has 2 aromatic rings. The van der Waals surface area contributed by atoms with Crippen LogP contribution >= 0.6 is 11.8 Å². The standard InChI is InChI=1S/C17H23N3O2S/c1-11(16-12(2)19-20(4)13(16)3)18-17(22)14-5-7-15(8-6-14)23-10-9-21/h5-8,11,21H,9-10H2,1-4H3,(H,18,22). The zero-order valence-electron chi connectivity index (χ0n) is 14.0. The average molecular weight is 333 g/mol. The van der Waals surface area contributed by atoms with Crippen LogP contribution in [-0.4, -0.2) is 33.2 Å². The topological polar surface area (TPSA) is 67.2 Å². The molecule has 0 fully saturated rings. The smallest absolute Gasteiger partial charge is 0.251 e. The van der Waals surface area contributed by atoms with E-state index in [1.807, 2.05) is 56.8 Å². The summed E-state index contributed by atoms with van der Waals surface area (Å²) in [6, 6.07) is 7.33. The van der Waals surface area contributed by atoms with E-state index < -0.39 is 0 Å². The van der Waals surface area contributed by atoms with E-state index >= 15 is 0 Å². The third-order valence-corrected chi connectivity index (χ3v) is 4.81. The average Bonchev–Trinajstić information content (AvgIpc) is 2.78. The van der Waals surface area contributed by atoms with Gasteiger partial charge in [0.05, 0.1) is 18.3 Å². The summed E-state index contributed by atoms with van der Waals surface area (Å²) in [4.78, 5) is 13.4. The van der Waals surface area contributed by atoms with Crippen LogP contribution < -0.4 is 5.32 Å². The van der Waals surface area contributed by atoms with E-state index in [-0.39, 0.29) is 18.6 Å². The Morgan fingerprint density at radius 3 is 2.52 bits per heavy atom. The minimum Gasteiger partial charge on any atom is -0.396 e. The summed E-state index contributed by atoms with van der Waals surface area (Å²) in [6.45, 7) is 6.08. The fourth-order valence-electron chi connectivity index (χ4n) is 2.63. The number of carbonyl (C=O) groups excluding carboxylic acids is 1. The van der Waals surface area contributed by atoms with E-state index in [1.165, 1.54) is 0 Å². The number of aryl methyl sites for hydroxylation is 2. The maximum absolute atomic E-state index is 12.4.